The number of hydrogen-bond donors (Lipinski definition) is 2. The van der Waals surface area contributed by atoms with E-state index in [0.29, 0.717) is 28.3 Å². The molecule has 8 nitrogen and oxygen atoms in total. The molecule has 5 rings (SSSR count). The maximum absolute atomic E-state index is 14.5. The molecule has 0 saturated heterocycles. The van der Waals surface area contributed by atoms with Crippen molar-refractivity contribution in [1.29, 1.82) is 0 Å². The van der Waals surface area contributed by atoms with E-state index in [1.165, 1.54) is 18.9 Å². The summed E-state index contributed by atoms with van der Waals surface area (Å²) in [7, 11) is 3.08. The molecule has 0 radical (unpaired) electrons. The number of nitrogens with zero attached hydrogens (tertiary/aromatic N) is 1. The molecule has 1 unspecified atom stereocenters. The van der Waals surface area contributed by atoms with Gasteiger partial charge in [-0.25, -0.2) is 0 Å². The van der Waals surface area contributed by atoms with Crippen LogP contribution in [0.1, 0.15) is 66.6 Å². The number of para-hydroxylation sites is 2. The Morgan fingerprint density at radius 3 is 2.38 bits per heavy atom. The zero-order chi connectivity index (χ0) is 29.6. The van der Waals surface area contributed by atoms with Gasteiger partial charge in [0.2, 0.25) is 11.8 Å². The number of anilines is 1. The molecule has 218 valence electrons. The molecule has 1 aliphatic rings. The molecular formula is C34H37N3O5. The van der Waals surface area contributed by atoms with E-state index < -0.39 is 6.04 Å². The Morgan fingerprint density at radius 2 is 1.64 bits per heavy atom. The van der Waals surface area contributed by atoms with E-state index in [4.69, 9.17) is 9.47 Å². The first-order valence-corrected chi connectivity index (χ1v) is 14.4. The van der Waals surface area contributed by atoms with Crippen molar-refractivity contribution in [3.05, 3.63) is 89.6 Å². The van der Waals surface area contributed by atoms with Gasteiger partial charge >= 0.3 is 0 Å². The third-order valence-electron chi connectivity index (χ3n) is 8.01. The summed E-state index contributed by atoms with van der Waals surface area (Å²) in [4.78, 5) is 46.3. The van der Waals surface area contributed by atoms with Crippen molar-refractivity contribution < 1.29 is 23.9 Å². The number of methoxy groups -OCH3 is 2. The molecule has 0 spiro atoms. The second-order valence-corrected chi connectivity index (χ2v) is 10.7. The minimum atomic E-state index is -1.06. The molecule has 1 heterocycles. The second-order valence-electron chi connectivity index (χ2n) is 10.7. The topological polar surface area (TPSA) is 101 Å². The average Bonchev–Trinajstić information content (AvgIpc) is 3.42. The van der Waals surface area contributed by atoms with E-state index in [0.717, 1.165) is 48.6 Å². The van der Waals surface area contributed by atoms with E-state index in [2.05, 4.69) is 10.3 Å². The van der Waals surface area contributed by atoms with Crippen LogP contribution in [0, 0.1) is 0 Å². The Hall–Kier alpha value is -4.59. The van der Waals surface area contributed by atoms with Crippen molar-refractivity contribution in [2.75, 3.05) is 19.1 Å². The molecule has 8 heteroatoms. The maximum atomic E-state index is 14.5. The van der Waals surface area contributed by atoms with Crippen molar-refractivity contribution in [2.24, 2.45) is 0 Å². The van der Waals surface area contributed by atoms with Gasteiger partial charge in [0.05, 0.1) is 26.3 Å². The van der Waals surface area contributed by atoms with Crippen LogP contribution in [0.4, 0.5) is 5.69 Å². The standard InChI is InChI=1S/C34H37N3O5/c1-22(38)26-13-8-10-16-29(26)37(32(39)20-24-21-35-28-15-9-7-14-27(24)28)33(34(40)36-25-11-5-4-6-12-25)23-17-18-30(41-2)31(19-23)42-3/h7-10,13-19,21,25,33,35H,4-6,11-12,20H2,1-3H3,(H,36,40). The Morgan fingerprint density at radius 1 is 0.929 bits per heavy atom. The van der Waals surface area contributed by atoms with Crippen LogP contribution in [0.3, 0.4) is 0 Å². The fourth-order valence-electron chi connectivity index (χ4n) is 5.89. The summed E-state index contributed by atoms with van der Waals surface area (Å²) in [6.07, 6.45) is 6.86. The number of ketones is 1. The summed E-state index contributed by atoms with van der Waals surface area (Å²) in [5.74, 6) is 0.129. The summed E-state index contributed by atoms with van der Waals surface area (Å²) < 4.78 is 11.0. The lowest BCUT2D eigenvalue weighted by molar-refractivity contribution is -0.127. The van der Waals surface area contributed by atoms with Gasteiger partial charge in [0, 0.05) is 28.7 Å². The Labute approximate surface area is 246 Å². The number of ether oxygens (including phenoxy) is 2. The van der Waals surface area contributed by atoms with Crippen molar-refractivity contribution in [2.45, 2.75) is 57.5 Å². The van der Waals surface area contributed by atoms with E-state index >= 15 is 0 Å². The van der Waals surface area contributed by atoms with Gasteiger partial charge in [0.15, 0.2) is 17.3 Å². The predicted octanol–water partition coefficient (Wildman–Crippen LogP) is 6.15. The second kappa shape index (κ2) is 12.9. The summed E-state index contributed by atoms with van der Waals surface area (Å²) in [5.41, 5.74) is 3.02. The molecule has 2 N–H and O–H groups in total. The maximum Gasteiger partial charge on any atom is 0.248 e. The van der Waals surface area contributed by atoms with Gasteiger partial charge in [-0.15, -0.1) is 0 Å². The number of hydrogen-bond acceptors (Lipinski definition) is 5. The molecule has 1 aromatic heterocycles. The third kappa shape index (κ3) is 6.03. The molecule has 4 aromatic rings. The van der Waals surface area contributed by atoms with E-state index in [1.54, 1.807) is 49.6 Å². The average molecular weight is 568 g/mol. The van der Waals surface area contributed by atoms with Gasteiger partial charge in [-0.1, -0.05) is 55.7 Å². The largest absolute Gasteiger partial charge is 0.493 e. The molecule has 1 saturated carbocycles. The number of aromatic nitrogens is 1. The quantitative estimate of drug-likeness (QED) is 0.224. The van der Waals surface area contributed by atoms with Crippen molar-refractivity contribution in [3.63, 3.8) is 0 Å². The Kier molecular flexibility index (Phi) is 8.91. The van der Waals surface area contributed by atoms with E-state index in [-0.39, 0.29) is 30.1 Å². The molecule has 0 bridgehead atoms. The summed E-state index contributed by atoms with van der Waals surface area (Å²) in [6.45, 7) is 1.47. The number of fused-ring (bicyclic) bond motifs is 1. The van der Waals surface area contributed by atoms with Crippen LogP contribution in [0.25, 0.3) is 10.9 Å². The van der Waals surface area contributed by atoms with Crippen LogP contribution in [-0.4, -0.2) is 42.8 Å². The molecular weight excluding hydrogens is 530 g/mol. The summed E-state index contributed by atoms with van der Waals surface area (Å²) in [6, 6.07) is 18.9. The molecule has 3 aromatic carbocycles. The lowest BCUT2D eigenvalue weighted by Gasteiger charge is -2.34. The minimum Gasteiger partial charge on any atom is -0.493 e. The number of rotatable bonds is 10. The highest BCUT2D eigenvalue weighted by Crippen LogP contribution is 2.37. The van der Waals surface area contributed by atoms with Crippen LogP contribution < -0.4 is 19.7 Å². The fraction of sp³-hybridized carbons (Fsp3) is 0.324. The number of aromatic amines is 1. The number of H-pyrrole nitrogens is 1. The monoisotopic (exact) mass is 567 g/mol. The summed E-state index contributed by atoms with van der Waals surface area (Å²) in [5, 5.41) is 4.16. The zero-order valence-electron chi connectivity index (χ0n) is 24.3. The van der Waals surface area contributed by atoms with Gasteiger partial charge in [0.1, 0.15) is 6.04 Å². The van der Waals surface area contributed by atoms with E-state index in [9.17, 15) is 14.4 Å². The summed E-state index contributed by atoms with van der Waals surface area (Å²) >= 11 is 0. The number of carbonyl (C=O) groups is 3. The van der Waals surface area contributed by atoms with Crippen LogP contribution in [-0.2, 0) is 16.0 Å². The van der Waals surface area contributed by atoms with Crippen LogP contribution in [0.5, 0.6) is 11.5 Å². The minimum absolute atomic E-state index is 0.0162. The van der Waals surface area contributed by atoms with Gasteiger partial charge in [0.25, 0.3) is 0 Å². The molecule has 1 fully saturated rings. The predicted molar refractivity (Wildman–Crippen MR) is 163 cm³/mol. The Bertz CT molecular complexity index is 1590. The third-order valence-corrected chi connectivity index (χ3v) is 8.01. The first-order chi connectivity index (χ1) is 20.4. The molecule has 0 aliphatic heterocycles. The highest BCUT2D eigenvalue weighted by atomic mass is 16.5. The first-order valence-electron chi connectivity index (χ1n) is 14.4. The number of Topliss-reactive ketones (excluding diaryl/α,β-unsaturated/α-hetero) is 1. The number of carbonyl (C=O) groups excluding carboxylic acids is 3. The first kappa shape index (κ1) is 28.9. The number of amides is 2. The van der Waals surface area contributed by atoms with Crippen LogP contribution in [0.15, 0.2) is 72.9 Å². The fourth-order valence-corrected chi connectivity index (χ4v) is 5.89. The van der Waals surface area contributed by atoms with Gasteiger partial charge in [-0.05, 0) is 61.2 Å². The smallest absolute Gasteiger partial charge is 0.248 e. The normalized spacial score (nSPS) is 14.3. The number of nitrogens with one attached hydrogen (secondary N) is 2. The molecule has 1 aliphatic carbocycles. The lowest BCUT2D eigenvalue weighted by Crippen LogP contribution is -2.48. The van der Waals surface area contributed by atoms with Crippen molar-refractivity contribution >= 4 is 34.2 Å². The molecule has 42 heavy (non-hydrogen) atoms. The highest BCUT2D eigenvalue weighted by molar-refractivity contribution is 6.09. The lowest BCUT2D eigenvalue weighted by atomic mass is 9.94. The van der Waals surface area contributed by atoms with Gasteiger partial charge < -0.3 is 19.8 Å². The van der Waals surface area contributed by atoms with E-state index in [1.807, 2.05) is 30.5 Å². The molecule has 2 amide bonds. The van der Waals surface area contributed by atoms with Crippen LogP contribution in [0.2, 0.25) is 0 Å². The SMILES string of the molecule is COc1ccc(C(C(=O)NC2CCCCC2)N(C(=O)Cc2c[nH]c3ccccc23)c2ccccc2C(C)=O)cc1OC. The zero-order valence-corrected chi connectivity index (χ0v) is 24.3. The van der Waals surface area contributed by atoms with Crippen LogP contribution >= 0.6 is 0 Å². The van der Waals surface area contributed by atoms with Crippen molar-refractivity contribution in [3.8, 4) is 11.5 Å². The number of benzene rings is 3. The Balaban J connectivity index is 1.65. The molecule has 1 atom stereocenters. The highest BCUT2D eigenvalue weighted by Gasteiger charge is 2.36. The van der Waals surface area contributed by atoms with Gasteiger partial charge in [-0.3, -0.25) is 19.3 Å². The van der Waals surface area contributed by atoms with Crippen molar-refractivity contribution in [1.82, 2.24) is 10.3 Å². The van der Waals surface area contributed by atoms with Gasteiger partial charge in [-0.2, -0.15) is 0 Å².